The van der Waals surface area contributed by atoms with Crippen LogP contribution in [-0.4, -0.2) is 6.54 Å². The molecular weight excluding hydrogens is 210 g/mol. The molecule has 2 heterocycles. The number of fused-ring (bicyclic) bond motifs is 5. The van der Waals surface area contributed by atoms with Crippen LogP contribution in [-0.2, 0) is 5.41 Å². The molecule has 0 aromatic heterocycles. The molecule has 0 spiro atoms. The van der Waals surface area contributed by atoms with Crippen molar-refractivity contribution in [1.29, 1.82) is 0 Å². The van der Waals surface area contributed by atoms with Gasteiger partial charge in [-0.05, 0) is 18.1 Å². The van der Waals surface area contributed by atoms with Gasteiger partial charge in [0, 0.05) is 17.5 Å². The number of rotatable bonds is 0. The van der Waals surface area contributed by atoms with E-state index in [0.29, 0.717) is 5.92 Å². The lowest BCUT2D eigenvalue weighted by Gasteiger charge is -2.34. The standard InChI is InChI=1S/C15H17NO/c1-11-6-5-9-14-16-10-15(11,2)12-7-3-4-8-13(12)17-14/h3-9,11,16H,10H2,1-2H3/b6-5-,14-9+. The van der Waals surface area contributed by atoms with Gasteiger partial charge in [-0.2, -0.15) is 0 Å². The Labute approximate surface area is 102 Å². The Morgan fingerprint density at radius 2 is 2.18 bits per heavy atom. The molecule has 3 rings (SSSR count). The number of benzene rings is 1. The zero-order chi connectivity index (χ0) is 11.9. The Kier molecular flexibility index (Phi) is 2.25. The first-order valence-corrected chi connectivity index (χ1v) is 6.10. The molecule has 1 aromatic rings. The van der Waals surface area contributed by atoms with Gasteiger partial charge in [-0.25, -0.2) is 0 Å². The molecule has 0 aliphatic carbocycles. The van der Waals surface area contributed by atoms with Crippen molar-refractivity contribution in [1.82, 2.24) is 5.32 Å². The molecule has 2 atom stereocenters. The molecule has 0 saturated heterocycles. The Bertz CT molecular complexity index is 503. The molecule has 2 bridgehead atoms. The number of hydrogen-bond acceptors (Lipinski definition) is 2. The van der Waals surface area contributed by atoms with Crippen molar-refractivity contribution in [3.05, 3.63) is 53.9 Å². The van der Waals surface area contributed by atoms with E-state index >= 15 is 0 Å². The number of ether oxygens (including phenoxy) is 1. The quantitative estimate of drug-likeness (QED) is 0.735. The largest absolute Gasteiger partial charge is 0.441 e. The first-order chi connectivity index (χ1) is 8.20. The fraction of sp³-hybridized carbons (Fsp3) is 0.333. The Balaban J connectivity index is 2.24. The summed E-state index contributed by atoms with van der Waals surface area (Å²) in [4.78, 5) is 0. The van der Waals surface area contributed by atoms with E-state index in [2.05, 4.69) is 43.4 Å². The lowest BCUT2D eigenvalue weighted by Crippen LogP contribution is -2.39. The van der Waals surface area contributed by atoms with Crippen LogP contribution in [0.3, 0.4) is 0 Å². The van der Waals surface area contributed by atoms with Crippen molar-refractivity contribution in [2.75, 3.05) is 6.54 Å². The average Bonchev–Trinajstić information content (AvgIpc) is 2.45. The second kappa shape index (κ2) is 3.66. The normalized spacial score (nSPS) is 35.2. The molecule has 88 valence electrons. The van der Waals surface area contributed by atoms with Gasteiger partial charge in [0.25, 0.3) is 0 Å². The first kappa shape index (κ1) is 10.5. The van der Waals surface area contributed by atoms with E-state index < -0.39 is 0 Å². The minimum Gasteiger partial charge on any atom is -0.441 e. The minimum atomic E-state index is 0.0725. The molecule has 1 aromatic carbocycles. The highest BCUT2D eigenvalue weighted by atomic mass is 16.5. The van der Waals surface area contributed by atoms with Gasteiger partial charge in [-0.15, -0.1) is 0 Å². The highest BCUT2D eigenvalue weighted by molar-refractivity contribution is 5.44. The van der Waals surface area contributed by atoms with Crippen molar-refractivity contribution in [2.45, 2.75) is 19.3 Å². The fourth-order valence-electron chi connectivity index (χ4n) is 2.57. The lowest BCUT2D eigenvalue weighted by atomic mass is 9.72. The smallest absolute Gasteiger partial charge is 0.193 e. The summed E-state index contributed by atoms with van der Waals surface area (Å²) in [5.74, 6) is 2.28. The zero-order valence-corrected chi connectivity index (χ0v) is 10.2. The highest BCUT2D eigenvalue weighted by Crippen LogP contribution is 2.41. The van der Waals surface area contributed by atoms with Gasteiger partial charge in [0.05, 0.1) is 0 Å². The van der Waals surface area contributed by atoms with E-state index in [4.69, 9.17) is 4.74 Å². The summed E-state index contributed by atoms with van der Waals surface area (Å²) in [7, 11) is 0. The number of allylic oxidation sites excluding steroid dienone is 3. The summed E-state index contributed by atoms with van der Waals surface area (Å²) in [6.07, 6.45) is 6.33. The van der Waals surface area contributed by atoms with Gasteiger partial charge in [-0.3, -0.25) is 0 Å². The minimum absolute atomic E-state index is 0.0725. The molecular formula is C15H17NO. The summed E-state index contributed by atoms with van der Waals surface area (Å²) >= 11 is 0. The monoisotopic (exact) mass is 227 g/mol. The van der Waals surface area contributed by atoms with Crippen LogP contribution in [0.2, 0.25) is 0 Å². The van der Waals surface area contributed by atoms with Crippen molar-refractivity contribution in [3.63, 3.8) is 0 Å². The van der Waals surface area contributed by atoms with Crippen LogP contribution in [0.4, 0.5) is 0 Å². The van der Waals surface area contributed by atoms with Crippen LogP contribution in [0.1, 0.15) is 19.4 Å². The van der Waals surface area contributed by atoms with E-state index in [9.17, 15) is 0 Å². The fourth-order valence-corrected chi connectivity index (χ4v) is 2.57. The Hall–Kier alpha value is -1.70. The van der Waals surface area contributed by atoms with E-state index in [0.717, 1.165) is 18.2 Å². The second-order valence-corrected chi connectivity index (χ2v) is 5.07. The Morgan fingerprint density at radius 3 is 3.06 bits per heavy atom. The number of para-hydroxylation sites is 1. The summed E-state index contributed by atoms with van der Waals surface area (Å²) in [5.41, 5.74) is 1.36. The maximum atomic E-state index is 5.92. The molecule has 2 heteroatoms. The van der Waals surface area contributed by atoms with Gasteiger partial charge in [0.2, 0.25) is 0 Å². The zero-order valence-electron chi connectivity index (χ0n) is 10.2. The molecule has 17 heavy (non-hydrogen) atoms. The van der Waals surface area contributed by atoms with Gasteiger partial charge in [0.15, 0.2) is 5.88 Å². The van der Waals surface area contributed by atoms with Crippen molar-refractivity contribution in [3.8, 4) is 5.75 Å². The van der Waals surface area contributed by atoms with Crippen LogP contribution in [0.5, 0.6) is 5.75 Å². The summed E-state index contributed by atoms with van der Waals surface area (Å²) < 4.78 is 5.92. The molecule has 2 nitrogen and oxygen atoms in total. The van der Waals surface area contributed by atoms with Gasteiger partial charge < -0.3 is 10.1 Å². The van der Waals surface area contributed by atoms with E-state index in [1.54, 1.807) is 0 Å². The summed E-state index contributed by atoms with van der Waals surface area (Å²) in [6.45, 7) is 5.46. The van der Waals surface area contributed by atoms with E-state index in [1.807, 2.05) is 18.2 Å². The summed E-state index contributed by atoms with van der Waals surface area (Å²) in [6, 6.07) is 8.34. The molecule has 2 unspecified atom stereocenters. The number of nitrogens with one attached hydrogen (secondary N) is 1. The first-order valence-electron chi connectivity index (χ1n) is 6.10. The molecule has 1 N–H and O–H groups in total. The third-order valence-electron chi connectivity index (χ3n) is 4.00. The van der Waals surface area contributed by atoms with E-state index in [-0.39, 0.29) is 5.41 Å². The molecule has 0 fully saturated rings. The third-order valence-corrected chi connectivity index (χ3v) is 4.00. The van der Waals surface area contributed by atoms with Crippen LogP contribution >= 0.6 is 0 Å². The maximum Gasteiger partial charge on any atom is 0.193 e. The molecule has 0 radical (unpaired) electrons. The topological polar surface area (TPSA) is 21.3 Å². The highest BCUT2D eigenvalue weighted by Gasteiger charge is 2.37. The predicted molar refractivity (Wildman–Crippen MR) is 68.8 cm³/mol. The van der Waals surface area contributed by atoms with Crippen LogP contribution in [0.15, 0.2) is 48.4 Å². The van der Waals surface area contributed by atoms with Crippen LogP contribution in [0.25, 0.3) is 0 Å². The summed E-state index contributed by atoms with van der Waals surface area (Å²) in [5, 5.41) is 3.39. The number of hydrogen-bond donors (Lipinski definition) is 1. The van der Waals surface area contributed by atoms with Crippen molar-refractivity contribution >= 4 is 0 Å². The predicted octanol–water partition coefficient (Wildman–Crippen LogP) is 2.97. The molecule has 2 aliphatic rings. The molecule has 2 aliphatic heterocycles. The maximum absolute atomic E-state index is 5.92. The molecule has 0 amide bonds. The van der Waals surface area contributed by atoms with Crippen LogP contribution < -0.4 is 10.1 Å². The van der Waals surface area contributed by atoms with Gasteiger partial charge in [-0.1, -0.05) is 44.2 Å². The van der Waals surface area contributed by atoms with Crippen molar-refractivity contribution < 1.29 is 4.74 Å². The van der Waals surface area contributed by atoms with Gasteiger partial charge >= 0.3 is 0 Å². The molecule has 0 saturated carbocycles. The lowest BCUT2D eigenvalue weighted by molar-refractivity contribution is 0.352. The average molecular weight is 227 g/mol. The third kappa shape index (κ3) is 1.55. The second-order valence-electron chi connectivity index (χ2n) is 5.07. The van der Waals surface area contributed by atoms with E-state index in [1.165, 1.54) is 5.56 Å². The van der Waals surface area contributed by atoms with Gasteiger partial charge in [0.1, 0.15) is 5.75 Å². The Morgan fingerprint density at radius 1 is 1.35 bits per heavy atom. The van der Waals surface area contributed by atoms with Crippen LogP contribution in [0, 0.1) is 5.92 Å². The van der Waals surface area contributed by atoms with Crippen molar-refractivity contribution in [2.24, 2.45) is 5.92 Å². The SMILES string of the molecule is CC1/C=C\C=C2/NCC1(C)c1ccccc1O2.